The molecular formula is C18H18O21Sb2. The maximum atomic E-state index is 10.2. The number of hydrogen-bond donors (Lipinski definition) is 6. The summed E-state index contributed by atoms with van der Waals surface area (Å²) in [7, 11) is 0. The minimum Gasteiger partial charge on any atom is -0.550 e. The Bertz CT molecular complexity index is 817. The van der Waals surface area contributed by atoms with Crippen LogP contribution in [0.1, 0.15) is 38.5 Å². The Labute approximate surface area is 261 Å². The second-order valence-electron chi connectivity index (χ2n) is 7.32. The molecule has 0 aliphatic carbocycles. The van der Waals surface area contributed by atoms with E-state index >= 15 is 0 Å². The average molecular weight is 814 g/mol. The summed E-state index contributed by atoms with van der Waals surface area (Å²) in [4.78, 5) is 90.5. The number of rotatable bonds is 15. The largest absolute Gasteiger partial charge is 3.00 e. The topological polar surface area (TPSA) is 413 Å². The smallest absolute Gasteiger partial charge is 0.550 e. The minimum absolute atomic E-state index is 0. The van der Waals surface area contributed by atoms with Crippen molar-refractivity contribution in [1.29, 1.82) is 0 Å². The van der Waals surface area contributed by atoms with E-state index in [0.717, 1.165) is 0 Å². The van der Waals surface area contributed by atoms with E-state index in [1.165, 1.54) is 0 Å². The van der Waals surface area contributed by atoms with Crippen LogP contribution in [0.5, 0.6) is 0 Å². The van der Waals surface area contributed by atoms with Gasteiger partial charge in [-0.3, -0.25) is 14.4 Å². The third-order valence-corrected chi connectivity index (χ3v) is 3.78. The Hall–Kier alpha value is -3.25. The van der Waals surface area contributed by atoms with E-state index in [1.807, 2.05) is 0 Å². The molecular weight excluding hydrogens is 796 g/mol. The molecule has 0 aromatic rings. The van der Waals surface area contributed by atoms with Crippen LogP contribution in [-0.4, -0.2) is 150 Å². The van der Waals surface area contributed by atoms with Crippen LogP contribution >= 0.6 is 0 Å². The monoisotopic (exact) mass is 812 g/mol. The van der Waals surface area contributed by atoms with Crippen molar-refractivity contribution >= 4 is 103 Å². The van der Waals surface area contributed by atoms with Crippen LogP contribution in [0.25, 0.3) is 0 Å². The molecule has 23 heteroatoms. The van der Waals surface area contributed by atoms with Gasteiger partial charge >= 0.3 is 66.8 Å². The molecule has 0 saturated carbocycles. The molecule has 0 amide bonds. The first kappa shape index (κ1) is 47.5. The minimum atomic E-state index is -2.91. The van der Waals surface area contributed by atoms with Gasteiger partial charge in [0.1, 0.15) is 16.8 Å². The van der Waals surface area contributed by atoms with Gasteiger partial charge in [0.2, 0.25) is 0 Å². The molecule has 0 aromatic carbocycles. The maximum Gasteiger partial charge on any atom is 3.00 e. The van der Waals surface area contributed by atoms with Crippen molar-refractivity contribution in [3.63, 3.8) is 0 Å². The summed E-state index contributed by atoms with van der Waals surface area (Å²) in [5.41, 5.74) is -8.74. The number of carbonyl (C=O) groups excluding carboxylic acids is 6. The van der Waals surface area contributed by atoms with Gasteiger partial charge in [0, 0.05) is 37.2 Å². The third kappa shape index (κ3) is 22.2. The molecule has 0 fully saturated rings. The fourth-order valence-corrected chi connectivity index (χ4v) is 2.09. The molecule has 6 N–H and O–H groups in total. The first-order chi connectivity index (χ1) is 17.3. The molecule has 0 aromatic heterocycles. The van der Waals surface area contributed by atoms with Gasteiger partial charge in [-0.15, -0.1) is 0 Å². The summed E-state index contributed by atoms with van der Waals surface area (Å²) in [6, 6.07) is 0. The number of carboxylic acids is 9. The fourth-order valence-electron chi connectivity index (χ4n) is 2.09. The summed E-state index contributed by atoms with van der Waals surface area (Å²) in [6.07, 6.45) is -7.69. The molecule has 0 heterocycles. The number of aliphatic hydroxyl groups is 3. The van der Waals surface area contributed by atoms with Crippen molar-refractivity contribution in [1.82, 2.24) is 0 Å². The van der Waals surface area contributed by atoms with Crippen LogP contribution in [0, 0.1) is 0 Å². The zero-order valence-electron chi connectivity index (χ0n) is 19.9. The summed E-state index contributed by atoms with van der Waals surface area (Å²) in [5, 5.41) is 112. The summed E-state index contributed by atoms with van der Waals surface area (Å²) in [6.45, 7) is 0. The van der Waals surface area contributed by atoms with Gasteiger partial charge in [-0.05, 0) is 0 Å². The van der Waals surface area contributed by atoms with Crippen LogP contribution in [0.3, 0.4) is 0 Å². The van der Waals surface area contributed by atoms with Crippen molar-refractivity contribution in [2.24, 2.45) is 0 Å². The second-order valence-corrected chi connectivity index (χ2v) is 7.32. The number of carboxylic acid groups (broad SMARTS) is 9. The van der Waals surface area contributed by atoms with Gasteiger partial charge in [0.05, 0.1) is 37.2 Å². The molecule has 0 aliphatic rings. The van der Waals surface area contributed by atoms with E-state index in [2.05, 4.69) is 0 Å². The molecule has 0 bridgehead atoms. The zero-order valence-corrected chi connectivity index (χ0v) is 25.0. The Balaban J connectivity index is -0.000000154. The summed E-state index contributed by atoms with van der Waals surface area (Å²) < 4.78 is 0. The Morgan fingerprint density at radius 1 is 0.390 bits per heavy atom. The molecule has 3 unspecified atom stereocenters. The normalized spacial score (nSPS) is 13.8. The van der Waals surface area contributed by atoms with Gasteiger partial charge in [-0.1, -0.05) is 0 Å². The predicted molar refractivity (Wildman–Crippen MR) is 107 cm³/mol. The van der Waals surface area contributed by atoms with E-state index in [4.69, 9.17) is 30.6 Å². The van der Waals surface area contributed by atoms with E-state index in [0.29, 0.717) is 0 Å². The molecule has 3 atom stereocenters. The number of carbonyl (C=O) groups is 9. The van der Waals surface area contributed by atoms with Gasteiger partial charge in [0.15, 0.2) is 0 Å². The average Bonchev–Trinajstić information content (AvgIpc) is 2.64. The first-order valence-corrected chi connectivity index (χ1v) is 9.40. The zero-order chi connectivity index (χ0) is 31.9. The third-order valence-electron chi connectivity index (χ3n) is 3.78. The Morgan fingerprint density at radius 3 is 0.610 bits per heavy atom. The molecule has 0 spiro atoms. The molecule has 0 aliphatic heterocycles. The Morgan fingerprint density at radius 2 is 0.537 bits per heavy atom. The number of aliphatic carboxylic acids is 9. The van der Waals surface area contributed by atoms with Crippen molar-refractivity contribution in [3.8, 4) is 0 Å². The van der Waals surface area contributed by atoms with Gasteiger partial charge in [0.25, 0.3) is 0 Å². The standard InChI is InChI=1S/3C6H8O7.2Sb/c3*7-3(8)1-6(13,5(11)12)2-4(9)10;;/h3*13H,1-2H2,(H,7,8)(H,9,10)(H,11,12);;/q;;;2*+3/p-6. The number of hydrogen-bond acceptors (Lipinski definition) is 18. The van der Waals surface area contributed by atoms with Crippen molar-refractivity contribution in [2.45, 2.75) is 55.3 Å². The van der Waals surface area contributed by atoms with Crippen molar-refractivity contribution in [2.75, 3.05) is 0 Å². The quantitative estimate of drug-likeness (QED) is 0.0836. The van der Waals surface area contributed by atoms with Crippen LogP contribution in [0.2, 0.25) is 0 Å². The van der Waals surface area contributed by atoms with E-state index < -0.39 is 109 Å². The van der Waals surface area contributed by atoms with Crippen LogP contribution in [0.4, 0.5) is 0 Å². The van der Waals surface area contributed by atoms with E-state index in [-0.39, 0.29) is 48.9 Å². The van der Waals surface area contributed by atoms with Crippen LogP contribution in [0.15, 0.2) is 0 Å². The van der Waals surface area contributed by atoms with Gasteiger partial charge in [-0.25, -0.2) is 0 Å². The first-order valence-electron chi connectivity index (χ1n) is 9.40. The predicted octanol–water partition coefficient (Wildman–Crippen LogP) is -12.5. The fraction of sp³-hybridized carbons (Fsp3) is 0.500. The van der Waals surface area contributed by atoms with Crippen LogP contribution < -0.4 is 30.6 Å². The molecule has 0 rings (SSSR count). The molecule has 41 heavy (non-hydrogen) atoms. The molecule has 0 saturated heterocycles. The van der Waals surface area contributed by atoms with Gasteiger partial charge < -0.3 is 90.0 Å². The van der Waals surface area contributed by atoms with E-state index in [1.54, 1.807) is 0 Å². The summed E-state index contributed by atoms with van der Waals surface area (Å²) in [5.74, 6) is -17.0. The van der Waals surface area contributed by atoms with Crippen molar-refractivity contribution < 1.29 is 104 Å². The summed E-state index contributed by atoms with van der Waals surface area (Å²) >= 11 is 0. The maximum absolute atomic E-state index is 10.2. The Kier molecular flexibility index (Phi) is 23.9. The van der Waals surface area contributed by atoms with E-state index in [9.17, 15) is 73.8 Å². The van der Waals surface area contributed by atoms with Crippen LogP contribution in [-0.2, 0) is 43.2 Å². The molecule has 226 valence electrons. The van der Waals surface area contributed by atoms with Gasteiger partial charge in [-0.2, -0.15) is 0 Å². The molecule has 21 nitrogen and oxygen atoms in total. The van der Waals surface area contributed by atoms with Crippen molar-refractivity contribution in [3.05, 3.63) is 0 Å². The SMILES string of the molecule is O=C([O-])CC(O)(CC(=O)O)C(=O)[O-].O=C([O-])CC(O)(CC(=O)O)C(=O)[O-].O=C([O-])CC(O)(CC(=O)O)C(=O)[O-].[Sb+3].[Sb+3]. The second kappa shape index (κ2) is 20.6. The molecule has 4 radical (unpaired) electrons.